The second-order valence-corrected chi connectivity index (χ2v) is 16.5. The minimum Gasteiger partial charge on any atom is -0.545 e. The van der Waals surface area contributed by atoms with Crippen molar-refractivity contribution < 1.29 is 209 Å². The molecule has 48 heteroatoms. The Bertz CT molecular complexity index is 3250. The average molecular weight is 1660 g/mol. The number of carbonyl (C=O) groups excluding carboxylic acids is 8. The Morgan fingerprint density at radius 1 is 0.173 bits per heavy atom. The monoisotopic (exact) mass is 1660 g/mol. The molecule has 0 saturated carbocycles. The summed E-state index contributed by atoms with van der Waals surface area (Å²) < 4.78 is 0. The average Bonchev–Trinajstić information content (AvgIpc) is 0.942. The fourth-order valence-corrected chi connectivity index (χ4v) is 6.44. The van der Waals surface area contributed by atoms with Crippen LogP contribution < -0.4 is 40.9 Å². The third-order valence-electron chi connectivity index (χ3n) is 10.6. The van der Waals surface area contributed by atoms with Gasteiger partial charge < -0.3 is 101 Å². The van der Waals surface area contributed by atoms with Crippen molar-refractivity contribution in [2.45, 2.75) is 0 Å². The van der Waals surface area contributed by atoms with Gasteiger partial charge in [0.2, 0.25) is 0 Å². The minimum absolute atomic E-state index is 0. The number of hydrogen-bond donors (Lipinski definition) is 0. The van der Waals surface area contributed by atoms with Gasteiger partial charge in [-0.05, 0) is 48.5 Å². The summed E-state index contributed by atoms with van der Waals surface area (Å²) in [6, 6.07) is 40.3. The molecule has 0 unspecified atom stereocenters. The van der Waals surface area contributed by atoms with Gasteiger partial charge in [-0.25, -0.2) is 0 Å². The summed E-state index contributed by atoms with van der Waals surface area (Å²) >= 11 is 0. The zero-order chi connectivity index (χ0) is 73.1. The topological polar surface area (TPSA) is 798 Å². The van der Waals surface area contributed by atoms with Crippen LogP contribution in [-0.4, -0.2) is 87.1 Å². The number of para-hydroxylation sites is 8. The van der Waals surface area contributed by atoms with Crippen LogP contribution in [0.2, 0.25) is 0 Å². The van der Waals surface area contributed by atoms with Gasteiger partial charge >= 0.3 is 68.3 Å². The first-order valence-electron chi connectivity index (χ1n) is 24.6. The van der Waals surface area contributed by atoms with Gasteiger partial charge in [0.15, 0.2) is 0 Å². The summed E-state index contributed by atoms with van der Waals surface area (Å²) in [7, 11) is 0. The van der Waals surface area contributed by atoms with Crippen molar-refractivity contribution in [1.82, 2.24) is 0 Å². The van der Waals surface area contributed by atoms with Gasteiger partial charge in [-0.3, -0.25) is 80.9 Å². The van der Waals surface area contributed by atoms with E-state index in [9.17, 15) is 160 Å². The molecule has 0 aliphatic carbocycles. The third kappa shape index (κ3) is 35.4. The second kappa shape index (κ2) is 53.6. The van der Waals surface area contributed by atoms with E-state index < -0.39 is 177 Å². The van der Waals surface area contributed by atoms with E-state index in [0.29, 0.717) is 0 Å². The number of nitrogens with zero attached hydrogens (tertiary/aromatic N) is 8. The van der Waals surface area contributed by atoms with E-state index in [4.69, 9.17) is 0 Å². The molecule has 8 rings (SSSR count). The summed E-state index contributed by atoms with van der Waals surface area (Å²) in [6.45, 7) is 0. The molecule has 0 heterocycles. The second-order valence-electron chi connectivity index (χ2n) is 16.5. The maximum atomic E-state index is 10.3. The van der Waals surface area contributed by atoms with Crippen molar-refractivity contribution in [1.29, 1.82) is 0 Å². The van der Waals surface area contributed by atoms with Gasteiger partial charge in [0, 0.05) is 48.5 Å². The number of carbonyl (C=O) groups is 8. The van der Waals surface area contributed by atoms with Crippen molar-refractivity contribution >= 4 is 93.3 Å². The van der Waals surface area contributed by atoms with Crippen LogP contribution in [0.3, 0.4) is 0 Å². The van der Waals surface area contributed by atoms with Crippen LogP contribution in [-0.2, 0) is 90.2 Å². The number of hydrogen-bond acceptors (Lipinski definition) is 32. The van der Waals surface area contributed by atoms with Gasteiger partial charge in [0.05, 0.1) is 132 Å². The molecule has 104 heavy (non-hydrogen) atoms. The van der Waals surface area contributed by atoms with Gasteiger partial charge in [0.25, 0.3) is 45.5 Å². The Morgan fingerprint density at radius 2 is 0.240 bits per heavy atom. The van der Waals surface area contributed by atoms with E-state index in [1.807, 2.05) is 0 Å². The molecule has 8 aromatic carbocycles. The Labute approximate surface area is 618 Å². The van der Waals surface area contributed by atoms with Gasteiger partial charge in [-0.15, -0.1) is 0 Å². The van der Waals surface area contributed by atoms with E-state index in [-0.39, 0.29) is 90.2 Å². The van der Waals surface area contributed by atoms with Crippen molar-refractivity contribution in [2.75, 3.05) is 0 Å². The number of nitro groups is 8. The van der Waals surface area contributed by atoms with E-state index in [2.05, 4.69) is 0 Å². The molecule has 0 fully saturated rings. The standard InChI is InChI=1S/8C7H5NO4.4Cu.4H2O/c8*9-7(10)5-3-1-2-4-6(5)8(11)12;;;;;;;;/h8*1-4H,(H,9,10);;;;;4*1H2/q;;;;;;;;4*+2;;;;/p-4. The molecule has 12 N–H and O–H groups in total. The van der Waals surface area contributed by atoms with E-state index in [1.54, 1.807) is 0 Å². The molecule has 8 aromatic rings. The molecule has 0 amide bonds. The fourth-order valence-electron chi connectivity index (χ4n) is 6.44. The van der Waals surface area contributed by atoms with Crippen LogP contribution in [0.5, 0.6) is 0 Å². The number of benzene rings is 8. The first-order valence-corrected chi connectivity index (χ1v) is 24.6. The van der Waals surface area contributed by atoms with Crippen LogP contribution in [0.4, 0.5) is 45.5 Å². The number of aromatic carboxylic acids is 8. The summed E-state index contributed by atoms with van der Waals surface area (Å²) in [4.78, 5) is 158. The van der Waals surface area contributed by atoms with E-state index in [1.165, 1.54) is 97.1 Å². The van der Waals surface area contributed by atoms with Crippen LogP contribution in [0.15, 0.2) is 194 Å². The predicted octanol–water partition coefficient (Wildman–Crippen LogP) is -4.03. The maximum Gasteiger partial charge on any atom is 2.00 e. The zero-order valence-corrected chi connectivity index (χ0v) is 54.4. The first-order chi connectivity index (χ1) is 45.0. The molecular weight excluding hydrogens is 1610 g/mol. The van der Waals surface area contributed by atoms with E-state index >= 15 is 0 Å². The molecular formula is C56H44Cu4N8O36+4. The molecule has 0 bridgehead atoms. The Hall–Kier alpha value is -13.4. The minimum atomic E-state index is -1.54. The molecule has 0 aliphatic rings. The molecule has 0 atom stereocenters. The smallest absolute Gasteiger partial charge is 0.545 e. The summed E-state index contributed by atoms with van der Waals surface area (Å²) in [6.07, 6.45) is 0. The number of carboxylic acids is 8. The Kier molecular flexibility index (Phi) is 55.0. The molecule has 564 valence electrons. The fraction of sp³-hybridized carbons (Fsp3) is 0. The molecule has 0 aliphatic heterocycles. The van der Waals surface area contributed by atoms with Crippen LogP contribution >= 0.6 is 0 Å². The Balaban J connectivity index is -0.000000167. The molecule has 0 saturated heterocycles. The van der Waals surface area contributed by atoms with Crippen molar-refractivity contribution in [2.24, 2.45) is 0 Å². The SMILES string of the molecule is O=C([O-])c1ccccc1[N+](=O)[O-].O=C([O-])c1ccccc1[N+](=O)[O-].O=C([O-])c1ccccc1[N+](=O)[O-].O=C([O-])c1ccccc1[N+](=O)[O-].O=C([O-])c1ccccc1[N+](=O)[O-].O=C([O-])c1ccccc1[N+](=O)[O-].O=C([O-])c1ccccc1[N+](=O)[O-].O=C([O-])c1ccccc1[N+](=O)[O-].[Cu+2].[Cu+2].[Cu+2].[Cu+2].[OH3+].[OH3+].[OH3+].[OH3+]. The largest absolute Gasteiger partial charge is 2.00 e. The van der Waals surface area contributed by atoms with Crippen LogP contribution in [0.25, 0.3) is 0 Å². The number of nitro benzene ring substituents is 8. The molecule has 0 aromatic heterocycles. The summed E-state index contributed by atoms with van der Waals surface area (Å²) in [5.74, 6) is -12.3. The van der Waals surface area contributed by atoms with Crippen molar-refractivity contribution in [3.63, 3.8) is 0 Å². The summed E-state index contributed by atoms with van der Waals surface area (Å²) in [5.41, 5.74) is -6.78. The number of rotatable bonds is 16. The van der Waals surface area contributed by atoms with Crippen molar-refractivity contribution in [3.8, 4) is 0 Å². The van der Waals surface area contributed by atoms with Crippen LogP contribution in [0.1, 0.15) is 82.9 Å². The molecule has 0 spiro atoms. The molecule has 4 radical (unpaired) electrons. The molecule has 44 nitrogen and oxygen atoms in total. The predicted molar refractivity (Wildman–Crippen MR) is 319 cm³/mol. The Morgan fingerprint density at radius 3 is 0.288 bits per heavy atom. The normalized spacial score (nSPS) is 8.62. The quantitative estimate of drug-likeness (QED) is 0.0385. The number of carboxylic acid groups (broad SMARTS) is 8. The third-order valence-corrected chi connectivity index (χ3v) is 10.6. The zero-order valence-electron chi connectivity index (χ0n) is 50.6. The van der Waals surface area contributed by atoms with Gasteiger partial charge in [-0.1, -0.05) is 97.1 Å². The first kappa shape index (κ1) is 107. The van der Waals surface area contributed by atoms with Gasteiger partial charge in [0.1, 0.15) is 0 Å². The van der Waals surface area contributed by atoms with Crippen molar-refractivity contribution in [3.05, 3.63) is 320 Å². The van der Waals surface area contributed by atoms with Crippen LogP contribution in [0, 0.1) is 80.9 Å². The van der Waals surface area contributed by atoms with Gasteiger partial charge in [-0.2, -0.15) is 0 Å². The summed E-state index contributed by atoms with van der Waals surface area (Å²) in [5, 5.41) is 164. The van der Waals surface area contributed by atoms with E-state index in [0.717, 1.165) is 97.1 Å². The maximum absolute atomic E-state index is 10.3.